The minimum Gasteiger partial charge on any atom is -0.493 e. The van der Waals surface area contributed by atoms with Crippen LogP contribution in [-0.2, 0) is 12.0 Å². The zero-order valence-corrected chi connectivity index (χ0v) is 21.2. The molecule has 3 aromatic carbocycles. The summed E-state index contributed by atoms with van der Waals surface area (Å²) in [5, 5.41) is 9.70. The molecule has 0 saturated carbocycles. The van der Waals surface area contributed by atoms with Gasteiger partial charge in [0.2, 0.25) is 5.75 Å². The second-order valence-corrected chi connectivity index (χ2v) is 8.62. The molecule has 4 aromatic rings. The Kier molecular flexibility index (Phi) is 7.45. The van der Waals surface area contributed by atoms with Gasteiger partial charge in [0.15, 0.2) is 11.5 Å². The van der Waals surface area contributed by atoms with E-state index in [4.69, 9.17) is 14.2 Å². The molecule has 0 atom stereocenters. The van der Waals surface area contributed by atoms with Gasteiger partial charge in [-0.05, 0) is 17.7 Å². The molecule has 0 aliphatic carbocycles. The van der Waals surface area contributed by atoms with Crippen molar-refractivity contribution in [3.8, 4) is 22.9 Å². The molecule has 0 aliphatic heterocycles. The van der Waals surface area contributed by atoms with E-state index in [1.807, 2.05) is 0 Å². The highest BCUT2D eigenvalue weighted by atomic mass is 19.4. The number of benzene rings is 3. The number of hydrogen-bond donors (Lipinski definition) is 1. The summed E-state index contributed by atoms with van der Waals surface area (Å²) in [6, 6.07) is 12.9. The van der Waals surface area contributed by atoms with Gasteiger partial charge in [0.05, 0.1) is 32.5 Å². The fourth-order valence-corrected chi connectivity index (χ4v) is 4.36. The third-order valence-electron chi connectivity index (χ3n) is 6.30. The largest absolute Gasteiger partial charge is 0.493 e. The smallest absolute Gasteiger partial charge is 0.430 e. The number of fused-ring (bicyclic) bond motifs is 1. The Morgan fingerprint density at radius 2 is 1.40 bits per heavy atom. The minimum atomic E-state index is -6.06. The maximum absolute atomic E-state index is 13.9. The van der Waals surface area contributed by atoms with Crippen molar-refractivity contribution in [2.45, 2.75) is 24.4 Å². The van der Waals surface area contributed by atoms with E-state index in [2.05, 4.69) is 4.98 Å². The van der Waals surface area contributed by atoms with Crippen molar-refractivity contribution in [2.75, 3.05) is 21.3 Å². The zero-order valence-electron chi connectivity index (χ0n) is 21.2. The average Bonchev–Trinajstić information content (AvgIpc) is 2.91. The van der Waals surface area contributed by atoms with E-state index in [1.54, 1.807) is 30.3 Å². The first kappa shape index (κ1) is 28.7. The van der Waals surface area contributed by atoms with Crippen LogP contribution in [0.1, 0.15) is 17.0 Å². The van der Waals surface area contributed by atoms with E-state index in [9.17, 15) is 36.2 Å². The van der Waals surface area contributed by atoms with Crippen LogP contribution in [0.2, 0.25) is 0 Å². The summed E-state index contributed by atoms with van der Waals surface area (Å²) >= 11 is 0. The Labute approximate surface area is 223 Å². The van der Waals surface area contributed by atoms with Crippen LogP contribution in [0.5, 0.6) is 17.2 Å². The molecule has 13 heteroatoms. The van der Waals surface area contributed by atoms with Crippen molar-refractivity contribution in [3.63, 3.8) is 0 Å². The van der Waals surface area contributed by atoms with Gasteiger partial charge in [-0.3, -0.25) is 9.36 Å². The summed E-state index contributed by atoms with van der Waals surface area (Å²) in [4.78, 5) is 18.5. The number of aromatic nitrogens is 2. The van der Waals surface area contributed by atoms with Crippen molar-refractivity contribution >= 4 is 10.9 Å². The van der Waals surface area contributed by atoms with Crippen LogP contribution in [0.3, 0.4) is 0 Å². The topological polar surface area (TPSA) is 82.8 Å². The van der Waals surface area contributed by atoms with Gasteiger partial charge in [0, 0.05) is 18.1 Å². The summed E-state index contributed by atoms with van der Waals surface area (Å²) in [5.74, 6) is 0.377. The predicted octanol–water partition coefficient (Wildman–Crippen LogP) is 5.31. The molecule has 0 bridgehead atoms. The fourth-order valence-electron chi connectivity index (χ4n) is 4.36. The third-order valence-corrected chi connectivity index (χ3v) is 6.30. The molecule has 0 saturated heterocycles. The Hall–Kier alpha value is -4.26. The molecule has 0 amide bonds. The normalized spacial score (nSPS) is 12.4. The monoisotopic (exact) mass is 568 g/mol. The lowest BCUT2D eigenvalue weighted by atomic mass is 9.92. The number of halogens is 6. The summed E-state index contributed by atoms with van der Waals surface area (Å²) in [6.45, 7) is 0. The highest BCUT2D eigenvalue weighted by Gasteiger charge is 2.71. The SMILES string of the molecule is COc1cc2nc(Cc3ccccc3)n(-c3ccc(C(O)(C(F)(F)F)C(F)(F)F)cc3)c(=O)c2c(OC)c1OC. The molecule has 4 rings (SSSR count). The Balaban J connectivity index is 2.02. The van der Waals surface area contributed by atoms with E-state index in [0.29, 0.717) is 12.1 Å². The first-order chi connectivity index (χ1) is 18.8. The van der Waals surface area contributed by atoms with Crippen LogP contribution in [-0.4, -0.2) is 48.3 Å². The lowest BCUT2D eigenvalue weighted by Gasteiger charge is -2.32. The van der Waals surface area contributed by atoms with Crippen LogP contribution >= 0.6 is 0 Å². The number of nitrogens with zero attached hydrogens (tertiary/aromatic N) is 2. The second-order valence-electron chi connectivity index (χ2n) is 8.62. The standard InChI is InChI=1S/C27H22F6N2O5/c1-38-19-14-18-21(23(40-3)22(19)39-2)24(36)35(20(34-18)13-15-7-5-4-6-8-15)17-11-9-16(10-12-17)25(37,26(28,29)30)27(31,32)33/h4-12,14,37H,13H2,1-3H3. The van der Waals surface area contributed by atoms with Crippen LogP contribution in [0, 0.1) is 0 Å². The molecule has 1 aromatic heterocycles. The third kappa shape index (κ3) is 4.70. The number of methoxy groups -OCH3 is 3. The van der Waals surface area contributed by atoms with Gasteiger partial charge in [-0.2, -0.15) is 26.3 Å². The molecule has 7 nitrogen and oxygen atoms in total. The van der Waals surface area contributed by atoms with Crippen LogP contribution < -0.4 is 19.8 Å². The van der Waals surface area contributed by atoms with Crippen molar-refractivity contribution in [1.29, 1.82) is 0 Å². The molecular formula is C27H22F6N2O5. The highest BCUT2D eigenvalue weighted by Crippen LogP contribution is 2.50. The van der Waals surface area contributed by atoms with Crippen molar-refractivity contribution < 1.29 is 45.7 Å². The summed E-state index contributed by atoms with van der Waals surface area (Å²) in [7, 11) is 3.98. The first-order valence-corrected chi connectivity index (χ1v) is 11.5. The molecule has 1 heterocycles. The van der Waals surface area contributed by atoms with Crippen molar-refractivity contribution in [2.24, 2.45) is 0 Å². The number of rotatable bonds is 7. The van der Waals surface area contributed by atoms with Crippen LogP contribution in [0.4, 0.5) is 26.3 Å². The highest BCUT2D eigenvalue weighted by molar-refractivity contribution is 5.90. The maximum Gasteiger partial charge on any atom is 0.430 e. The number of aliphatic hydroxyl groups is 1. The Morgan fingerprint density at radius 3 is 1.90 bits per heavy atom. The van der Waals surface area contributed by atoms with Gasteiger partial charge in [0.25, 0.3) is 11.2 Å². The molecular weight excluding hydrogens is 546 g/mol. The van der Waals surface area contributed by atoms with E-state index in [-0.39, 0.29) is 46.1 Å². The van der Waals surface area contributed by atoms with Gasteiger partial charge in [0.1, 0.15) is 11.2 Å². The van der Waals surface area contributed by atoms with Crippen LogP contribution in [0.25, 0.3) is 16.6 Å². The summed E-state index contributed by atoms with van der Waals surface area (Å²) < 4.78 is 97.5. The van der Waals surface area contributed by atoms with Gasteiger partial charge in [-0.15, -0.1) is 0 Å². The fraction of sp³-hybridized carbons (Fsp3) is 0.259. The van der Waals surface area contributed by atoms with E-state index < -0.39 is 29.1 Å². The Bertz CT molecular complexity index is 1570. The van der Waals surface area contributed by atoms with Crippen molar-refractivity contribution in [1.82, 2.24) is 9.55 Å². The lowest BCUT2D eigenvalue weighted by Crippen LogP contribution is -2.53. The maximum atomic E-state index is 13.9. The summed E-state index contributed by atoms with van der Waals surface area (Å²) in [6.07, 6.45) is -12.1. The average molecular weight is 568 g/mol. The minimum absolute atomic E-state index is 0.0329. The number of hydrogen-bond acceptors (Lipinski definition) is 6. The van der Waals surface area contributed by atoms with Crippen molar-refractivity contribution in [3.05, 3.63) is 88.0 Å². The molecule has 0 fully saturated rings. The van der Waals surface area contributed by atoms with E-state index in [0.717, 1.165) is 22.3 Å². The second kappa shape index (κ2) is 10.4. The van der Waals surface area contributed by atoms with Crippen LogP contribution in [0.15, 0.2) is 65.5 Å². The molecule has 40 heavy (non-hydrogen) atoms. The van der Waals surface area contributed by atoms with E-state index in [1.165, 1.54) is 27.4 Å². The molecule has 0 radical (unpaired) electrons. The summed E-state index contributed by atoms with van der Waals surface area (Å²) in [5.41, 5.74) is -6.55. The molecule has 0 aliphatic rings. The number of ether oxygens (including phenoxy) is 3. The van der Waals surface area contributed by atoms with Gasteiger partial charge >= 0.3 is 12.4 Å². The Morgan fingerprint density at radius 1 is 0.825 bits per heavy atom. The lowest BCUT2D eigenvalue weighted by molar-refractivity contribution is -0.376. The molecule has 0 spiro atoms. The van der Waals surface area contributed by atoms with E-state index >= 15 is 0 Å². The molecule has 212 valence electrons. The van der Waals surface area contributed by atoms with Gasteiger partial charge < -0.3 is 19.3 Å². The van der Waals surface area contributed by atoms with Gasteiger partial charge in [-0.25, -0.2) is 4.98 Å². The number of alkyl halides is 6. The molecule has 1 N–H and O–H groups in total. The molecule has 0 unspecified atom stereocenters. The van der Waals surface area contributed by atoms with Gasteiger partial charge in [-0.1, -0.05) is 42.5 Å². The first-order valence-electron chi connectivity index (χ1n) is 11.5. The quantitative estimate of drug-likeness (QED) is 0.304. The zero-order chi connectivity index (χ0) is 29.5. The predicted molar refractivity (Wildman–Crippen MR) is 132 cm³/mol.